The summed E-state index contributed by atoms with van der Waals surface area (Å²) in [6.45, 7) is 4.61. The summed E-state index contributed by atoms with van der Waals surface area (Å²) in [5.74, 6) is 2.43. The Morgan fingerprint density at radius 1 is 1.00 bits per heavy atom. The zero-order chi connectivity index (χ0) is 15.7. The van der Waals surface area contributed by atoms with Crippen molar-refractivity contribution < 1.29 is 9.90 Å². The molecule has 3 fully saturated rings. The molecule has 3 heteroatoms. The van der Waals surface area contributed by atoms with Crippen LogP contribution in [0.1, 0.15) is 65.2 Å². The number of aliphatic hydroxyl groups excluding tert-OH is 1. The van der Waals surface area contributed by atoms with Crippen LogP contribution >= 0.6 is 11.6 Å². The van der Waals surface area contributed by atoms with Crippen molar-refractivity contribution in [2.24, 2.45) is 28.6 Å². The quantitative estimate of drug-likeness (QED) is 0.715. The molecule has 0 heterocycles. The van der Waals surface area contributed by atoms with E-state index in [1.54, 1.807) is 0 Å². The van der Waals surface area contributed by atoms with Crippen LogP contribution in [0.15, 0.2) is 10.6 Å². The third-order valence-electron chi connectivity index (χ3n) is 7.90. The Bertz CT molecular complexity index is 554. The smallest absolute Gasteiger partial charge is 0.139 e. The van der Waals surface area contributed by atoms with Crippen LogP contribution in [-0.4, -0.2) is 17.0 Å². The van der Waals surface area contributed by atoms with Crippen molar-refractivity contribution in [2.45, 2.75) is 71.3 Å². The highest BCUT2D eigenvalue weighted by Gasteiger charge is 2.59. The van der Waals surface area contributed by atoms with E-state index in [1.807, 2.05) is 0 Å². The zero-order valence-electron chi connectivity index (χ0n) is 13.7. The number of rotatable bonds is 0. The molecule has 0 aromatic heterocycles. The van der Waals surface area contributed by atoms with Gasteiger partial charge in [0.1, 0.15) is 5.78 Å². The number of allylic oxidation sites excluding steroid dienone is 1. The molecule has 2 nitrogen and oxygen atoms in total. The monoisotopic (exact) mass is 322 g/mol. The molecule has 122 valence electrons. The Labute approximate surface area is 138 Å². The van der Waals surface area contributed by atoms with Gasteiger partial charge in [-0.2, -0.15) is 0 Å². The lowest BCUT2D eigenvalue weighted by Gasteiger charge is -2.57. The summed E-state index contributed by atoms with van der Waals surface area (Å²) in [7, 11) is 0. The maximum absolute atomic E-state index is 12.4. The second kappa shape index (κ2) is 4.83. The van der Waals surface area contributed by atoms with Crippen LogP contribution < -0.4 is 0 Å². The molecular weight excluding hydrogens is 296 g/mol. The molecule has 0 unspecified atom stereocenters. The van der Waals surface area contributed by atoms with Crippen LogP contribution in [0, 0.1) is 28.6 Å². The first kappa shape index (κ1) is 15.2. The molecule has 0 saturated heterocycles. The van der Waals surface area contributed by atoms with Gasteiger partial charge in [-0.3, -0.25) is 4.79 Å². The van der Waals surface area contributed by atoms with Gasteiger partial charge in [0.15, 0.2) is 0 Å². The number of carbonyl (C=O) groups excluding carboxylic acids is 1. The number of aliphatic hydroxyl groups is 1. The van der Waals surface area contributed by atoms with Gasteiger partial charge in [-0.05, 0) is 73.7 Å². The SMILES string of the molecule is C[C@]12CC[C@H](O)C(Cl)=C1CC[C@@H]1[C@@H]2CC[C@]2(C)C(=O)CC[C@@H]12. The summed E-state index contributed by atoms with van der Waals surface area (Å²) in [4.78, 5) is 12.4. The Balaban J connectivity index is 1.72. The molecular formula is C19H27ClO2. The molecule has 4 aliphatic rings. The molecule has 0 spiro atoms. The fourth-order valence-electron chi connectivity index (χ4n) is 6.57. The topological polar surface area (TPSA) is 37.3 Å². The van der Waals surface area contributed by atoms with Gasteiger partial charge in [-0.25, -0.2) is 0 Å². The summed E-state index contributed by atoms with van der Waals surface area (Å²) >= 11 is 6.50. The highest BCUT2D eigenvalue weighted by molar-refractivity contribution is 6.30. The summed E-state index contributed by atoms with van der Waals surface area (Å²) in [5, 5.41) is 10.9. The lowest BCUT2D eigenvalue weighted by Crippen LogP contribution is -2.51. The van der Waals surface area contributed by atoms with E-state index in [4.69, 9.17) is 11.6 Å². The lowest BCUT2D eigenvalue weighted by atomic mass is 9.47. The van der Waals surface area contributed by atoms with Crippen molar-refractivity contribution in [1.82, 2.24) is 0 Å². The fraction of sp³-hybridized carbons (Fsp3) is 0.842. The van der Waals surface area contributed by atoms with Gasteiger partial charge in [-0.15, -0.1) is 0 Å². The molecule has 4 rings (SSSR count). The Hall–Kier alpha value is -0.340. The van der Waals surface area contributed by atoms with E-state index in [1.165, 1.54) is 5.57 Å². The van der Waals surface area contributed by atoms with Gasteiger partial charge >= 0.3 is 0 Å². The van der Waals surface area contributed by atoms with Crippen LogP contribution in [-0.2, 0) is 4.79 Å². The minimum absolute atomic E-state index is 0.0449. The highest BCUT2D eigenvalue weighted by atomic mass is 35.5. The number of ketones is 1. The summed E-state index contributed by atoms with van der Waals surface area (Å²) in [5.41, 5.74) is 1.45. The standard InChI is InChI=1S/C19H27ClO2/c1-18-10-8-15(21)17(20)14(18)4-3-11-12-5-6-16(22)19(12,2)9-7-13(11)18/h11-13,15,21H,3-10H2,1-2H3/t11-,12-,13-,15-,18+,19-/m0/s1. The predicted octanol–water partition coefficient (Wildman–Crippen LogP) is 4.45. The van der Waals surface area contributed by atoms with Gasteiger partial charge in [0.25, 0.3) is 0 Å². The van der Waals surface area contributed by atoms with Crippen LogP contribution in [0.5, 0.6) is 0 Å². The molecule has 0 bridgehead atoms. The van der Waals surface area contributed by atoms with Crippen LogP contribution in [0.4, 0.5) is 0 Å². The summed E-state index contributed by atoms with van der Waals surface area (Å²) in [6.07, 6.45) is 7.69. The number of Topliss-reactive ketones (excluding diaryl/α,β-unsaturated/α-hetero) is 1. The van der Waals surface area contributed by atoms with E-state index in [0.717, 1.165) is 56.4 Å². The second-order valence-corrected chi connectivity index (χ2v) is 9.04. The van der Waals surface area contributed by atoms with Crippen LogP contribution in [0.2, 0.25) is 0 Å². The lowest BCUT2D eigenvalue weighted by molar-refractivity contribution is -0.132. The van der Waals surface area contributed by atoms with E-state index < -0.39 is 6.10 Å². The Kier molecular flexibility index (Phi) is 3.34. The molecule has 4 aliphatic carbocycles. The van der Waals surface area contributed by atoms with E-state index in [9.17, 15) is 9.90 Å². The first-order chi connectivity index (χ1) is 10.4. The minimum atomic E-state index is -0.441. The fourth-order valence-corrected chi connectivity index (χ4v) is 6.98. The summed E-state index contributed by atoms with van der Waals surface area (Å²) < 4.78 is 0. The average molecular weight is 323 g/mol. The predicted molar refractivity (Wildman–Crippen MR) is 87.5 cm³/mol. The Morgan fingerprint density at radius 2 is 1.68 bits per heavy atom. The number of hydrogen-bond donors (Lipinski definition) is 1. The van der Waals surface area contributed by atoms with Crippen LogP contribution in [0.3, 0.4) is 0 Å². The molecule has 6 atom stereocenters. The van der Waals surface area contributed by atoms with Gasteiger partial charge in [0.05, 0.1) is 6.10 Å². The number of hydrogen-bond acceptors (Lipinski definition) is 2. The van der Waals surface area contributed by atoms with Crippen LogP contribution in [0.25, 0.3) is 0 Å². The Morgan fingerprint density at radius 3 is 2.45 bits per heavy atom. The van der Waals surface area contributed by atoms with E-state index >= 15 is 0 Å². The minimum Gasteiger partial charge on any atom is -0.388 e. The van der Waals surface area contributed by atoms with Crippen molar-refractivity contribution in [1.29, 1.82) is 0 Å². The molecule has 0 radical (unpaired) electrons. The number of fused-ring (bicyclic) bond motifs is 5. The second-order valence-electron chi connectivity index (χ2n) is 8.63. The van der Waals surface area contributed by atoms with Crippen molar-refractivity contribution in [3.05, 3.63) is 10.6 Å². The molecule has 0 aromatic carbocycles. The third kappa shape index (κ3) is 1.80. The first-order valence-electron chi connectivity index (χ1n) is 8.98. The first-order valence-corrected chi connectivity index (χ1v) is 9.36. The maximum atomic E-state index is 12.4. The van der Waals surface area contributed by atoms with Crippen molar-refractivity contribution in [3.63, 3.8) is 0 Å². The molecule has 3 saturated carbocycles. The van der Waals surface area contributed by atoms with Gasteiger partial charge in [0, 0.05) is 16.9 Å². The van der Waals surface area contributed by atoms with Crippen molar-refractivity contribution in [2.75, 3.05) is 0 Å². The molecule has 0 aromatic rings. The third-order valence-corrected chi connectivity index (χ3v) is 8.38. The molecule has 0 amide bonds. The highest BCUT2D eigenvalue weighted by Crippen LogP contribution is 2.65. The van der Waals surface area contributed by atoms with E-state index in [2.05, 4.69) is 13.8 Å². The molecule has 0 aliphatic heterocycles. The normalized spacial score (nSPS) is 51.4. The van der Waals surface area contributed by atoms with Gasteiger partial charge in [-0.1, -0.05) is 25.4 Å². The van der Waals surface area contributed by atoms with E-state index in [0.29, 0.717) is 23.5 Å². The van der Waals surface area contributed by atoms with Gasteiger partial charge in [0.2, 0.25) is 0 Å². The number of carbonyl (C=O) groups is 1. The van der Waals surface area contributed by atoms with Crippen molar-refractivity contribution >= 4 is 17.4 Å². The van der Waals surface area contributed by atoms with Gasteiger partial charge < -0.3 is 5.11 Å². The van der Waals surface area contributed by atoms with Crippen molar-refractivity contribution in [3.8, 4) is 0 Å². The molecule has 1 N–H and O–H groups in total. The zero-order valence-corrected chi connectivity index (χ0v) is 14.5. The number of halogens is 1. The summed E-state index contributed by atoms with van der Waals surface area (Å²) in [6, 6.07) is 0. The largest absolute Gasteiger partial charge is 0.388 e. The molecule has 22 heavy (non-hydrogen) atoms. The maximum Gasteiger partial charge on any atom is 0.139 e. The van der Waals surface area contributed by atoms with E-state index in [-0.39, 0.29) is 10.8 Å². The average Bonchev–Trinajstić information content (AvgIpc) is 2.79.